The van der Waals surface area contributed by atoms with Gasteiger partial charge in [-0.05, 0) is 49.4 Å². The first-order chi connectivity index (χ1) is 15.0. The lowest BCUT2D eigenvalue weighted by Gasteiger charge is -2.35. The van der Waals surface area contributed by atoms with Crippen molar-refractivity contribution in [3.8, 4) is 28.6 Å². The standard InChI is InChI=1S/C24H22BrNO5/c1-26-10-9-15-11-21-23(30-13-29-21)24(28-2)22(15)17(26)12-18(27)20-8-7-19(31-20)14-3-5-16(25)6-4-14/h3-8,11,17H,9-10,12-13H2,1-2H3/t17-/m0/s1. The maximum atomic E-state index is 13.2. The first-order valence-electron chi connectivity index (χ1n) is 10.1. The summed E-state index contributed by atoms with van der Waals surface area (Å²) >= 11 is 3.43. The molecule has 1 aromatic heterocycles. The summed E-state index contributed by atoms with van der Waals surface area (Å²) in [6.45, 7) is 1.02. The fraction of sp³-hybridized carbons (Fsp3) is 0.292. The van der Waals surface area contributed by atoms with E-state index >= 15 is 0 Å². The van der Waals surface area contributed by atoms with Crippen LogP contribution in [0.1, 0.15) is 34.1 Å². The van der Waals surface area contributed by atoms with Gasteiger partial charge in [-0.3, -0.25) is 9.69 Å². The molecular weight excluding hydrogens is 462 g/mol. The molecule has 1 atom stereocenters. The van der Waals surface area contributed by atoms with Gasteiger partial charge in [-0.2, -0.15) is 0 Å². The number of carbonyl (C=O) groups is 1. The van der Waals surface area contributed by atoms with Crippen molar-refractivity contribution in [2.24, 2.45) is 0 Å². The zero-order chi connectivity index (χ0) is 21.5. The molecule has 2 aliphatic heterocycles. The molecule has 2 aromatic carbocycles. The minimum absolute atomic E-state index is 0.0484. The Bertz CT molecular complexity index is 1140. The van der Waals surface area contributed by atoms with E-state index in [9.17, 15) is 4.79 Å². The smallest absolute Gasteiger partial charge is 0.231 e. The van der Waals surface area contributed by atoms with Gasteiger partial charge in [0.1, 0.15) is 5.76 Å². The van der Waals surface area contributed by atoms with Gasteiger partial charge < -0.3 is 18.6 Å². The third-order valence-electron chi connectivity index (χ3n) is 5.94. The average Bonchev–Trinajstić information content (AvgIpc) is 3.44. The van der Waals surface area contributed by atoms with E-state index in [0.29, 0.717) is 28.8 Å². The quantitative estimate of drug-likeness (QED) is 0.462. The van der Waals surface area contributed by atoms with Crippen LogP contribution in [0.3, 0.4) is 0 Å². The first-order valence-corrected chi connectivity index (χ1v) is 10.9. The largest absolute Gasteiger partial charge is 0.492 e. The van der Waals surface area contributed by atoms with E-state index in [1.54, 1.807) is 13.2 Å². The van der Waals surface area contributed by atoms with Crippen LogP contribution in [-0.4, -0.2) is 38.2 Å². The minimum Gasteiger partial charge on any atom is -0.492 e. The predicted molar refractivity (Wildman–Crippen MR) is 119 cm³/mol. The molecule has 5 rings (SSSR count). The van der Waals surface area contributed by atoms with Crippen molar-refractivity contribution in [1.29, 1.82) is 0 Å². The van der Waals surface area contributed by atoms with Crippen molar-refractivity contribution in [1.82, 2.24) is 4.90 Å². The Kier molecular flexibility index (Phi) is 5.24. The second-order valence-corrected chi connectivity index (χ2v) is 8.68. The summed E-state index contributed by atoms with van der Waals surface area (Å²) in [6, 6.07) is 13.3. The van der Waals surface area contributed by atoms with Gasteiger partial charge in [-0.15, -0.1) is 0 Å². The highest BCUT2D eigenvalue weighted by Gasteiger charge is 2.35. The highest BCUT2D eigenvalue weighted by atomic mass is 79.9. The fourth-order valence-corrected chi connectivity index (χ4v) is 4.58. The average molecular weight is 484 g/mol. The number of Topliss-reactive ketones (excluding diaryl/α,β-unsaturated/α-hetero) is 1. The predicted octanol–water partition coefficient (Wildman–Crippen LogP) is 5.25. The van der Waals surface area contributed by atoms with Crippen molar-refractivity contribution < 1.29 is 23.4 Å². The molecule has 0 aliphatic carbocycles. The van der Waals surface area contributed by atoms with Crippen LogP contribution in [0.5, 0.6) is 17.2 Å². The van der Waals surface area contributed by atoms with Crippen LogP contribution < -0.4 is 14.2 Å². The Morgan fingerprint density at radius 1 is 1.19 bits per heavy atom. The number of furan rings is 1. The number of carbonyl (C=O) groups excluding carboxylic acids is 1. The van der Waals surface area contributed by atoms with E-state index in [0.717, 1.165) is 34.1 Å². The Hall–Kier alpha value is -2.77. The fourth-order valence-electron chi connectivity index (χ4n) is 4.32. The number of ketones is 1. The van der Waals surface area contributed by atoms with Crippen LogP contribution >= 0.6 is 15.9 Å². The van der Waals surface area contributed by atoms with E-state index in [4.69, 9.17) is 18.6 Å². The molecule has 0 N–H and O–H groups in total. The molecule has 3 aromatic rings. The molecule has 160 valence electrons. The minimum atomic E-state index is -0.137. The third-order valence-corrected chi connectivity index (χ3v) is 6.46. The number of ether oxygens (including phenoxy) is 3. The molecule has 0 unspecified atom stereocenters. The molecule has 0 amide bonds. The van der Waals surface area contributed by atoms with Crippen LogP contribution in [0, 0.1) is 0 Å². The van der Waals surface area contributed by atoms with Crippen molar-refractivity contribution in [3.05, 3.63) is 63.8 Å². The second-order valence-electron chi connectivity index (χ2n) is 7.76. The summed E-state index contributed by atoms with van der Waals surface area (Å²) in [5, 5.41) is 0. The van der Waals surface area contributed by atoms with Crippen LogP contribution in [0.4, 0.5) is 0 Å². The zero-order valence-corrected chi connectivity index (χ0v) is 18.9. The number of hydrogen-bond donors (Lipinski definition) is 0. The van der Waals surface area contributed by atoms with E-state index in [1.807, 2.05) is 43.4 Å². The molecule has 0 saturated carbocycles. The van der Waals surface area contributed by atoms with Crippen LogP contribution in [0.25, 0.3) is 11.3 Å². The lowest BCUT2D eigenvalue weighted by Crippen LogP contribution is -2.34. The number of hydrogen-bond acceptors (Lipinski definition) is 6. The van der Waals surface area contributed by atoms with Gasteiger partial charge in [-0.1, -0.05) is 28.1 Å². The van der Waals surface area contributed by atoms with Gasteiger partial charge in [0.15, 0.2) is 23.0 Å². The number of benzene rings is 2. The Morgan fingerprint density at radius 2 is 2.00 bits per heavy atom. The third kappa shape index (κ3) is 3.62. The van der Waals surface area contributed by atoms with E-state index in [2.05, 4.69) is 20.8 Å². The molecule has 6 nitrogen and oxygen atoms in total. The summed E-state index contributed by atoms with van der Waals surface area (Å²) < 4.78 is 23.8. The van der Waals surface area contributed by atoms with Crippen LogP contribution in [0.15, 0.2) is 51.4 Å². The summed E-state index contributed by atoms with van der Waals surface area (Å²) in [4.78, 5) is 15.4. The van der Waals surface area contributed by atoms with Gasteiger partial charge in [0.05, 0.1) is 7.11 Å². The lowest BCUT2D eigenvalue weighted by molar-refractivity contribution is 0.0899. The van der Waals surface area contributed by atoms with Crippen molar-refractivity contribution in [2.45, 2.75) is 18.9 Å². The highest BCUT2D eigenvalue weighted by Crippen LogP contribution is 2.50. The van der Waals surface area contributed by atoms with Gasteiger partial charge >= 0.3 is 0 Å². The van der Waals surface area contributed by atoms with E-state index in [1.165, 1.54) is 0 Å². The summed E-state index contributed by atoms with van der Waals surface area (Å²) in [5.41, 5.74) is 3.05. The molecule has 0 saturated heterocycles. The number of nitrogens with zero attached hydrogens (tertiary/aromatic N) is 1. The Labute approximate surface area is 188 Å². The molecule has 2 aliphatic rings. The van der Waals surface area contributed by atoms with Gasteiger partial charge in [0.2, 0.25) is 12.5 Å². The molecule has 3 heterocycles. The molecule has 0 fully saturated rings. The van der Waals surface area contributed by atoms with Crippen LogP contribution in [0.2, 0.25) is 0 Å². The van der Waals surface area contributed by atoms with Crippen molar-refractivity contribution in [2.75, 3.05) is 27.5 Å². The SMILES string of the molecule is COc1c2c(cc3c1[C@H](CC(=O)c1ccc(-c4ccc(Br)cc4)o1)N(C)CC3)OCO2. The molecule has 31 heavy (non-hydrogen) atoms. The van der Waals surface area contributed by atoms with E-state index < -0.39 is 0 Å². The van der Waals surface area contributed by atoms with Gasteiger partial charge in [0.25, 0.3) is 0 Å². The number of halogens is 1. The maximum Gasteiger partial charge on any atom is 0.231 e. The number of rotatable bonds is 5. The molecule has 0 radical (unpaired) electrons. The van der Waals surface area contributed by atoms with Crippen molar-refractivity contribution in [3.63, 3.8) is 0 Å². The summed E-state index contributed by atoms with van der Waals surface area (Å²) in [5.74, 6) is 2.96. The normalized spacial score (nSPS) is 17.5. The number of fused-ring (bicyclic) bond motifs is 2. The summed E-state index contributed by atoms with van der Waals surface area (Å²) in [6.07, 6.45) is 1.14. The van der Waals surface area contributed by atoms with Crippen molar-refractivity contribution >= 4 is 21.7 Å². The maximum absolute atomic E-state index is 13.2. The Morgan fingerprint density at radius 3 is 2.77 bits per heavy atom. The highest BCUT2D eigenvalue weighted by molar-refractivity contribution is 9.10. The monoisotopic (exact) mass is 483 g/mol. The second kappa shape index (κ2) is 8.05. The molecule has 0 bridgehead atoms. The van der Waals surface area contributed by atoms with Crippen LogP contribution in [-0.2, 0) is 6.42 Å². The Balaban J connectivity index is 1.44. The summed E-state index contributed by atoms with van der Waals surface area (Å²) in [7, 11) is 3.66. The number of methoxy groups -OCH3 is 1. The molecular formula is C24H22BrNO5. The lowest BCUT2D eigenvalue weighted by atomic mass is 9.88. The zero-order valence-electron chi connectivity index (χ0n) is 17.3. The first kappa shape index (κ1) is 20.2. The van der Waals surface area contributed by atoms with Gasteiger partial charge in [-0.25, -0.2) is 0 Å². The van der Waals surface area contributed by atoms with E-state index in [-0.39, 0.29) is 25.0 Å². The number of likely N-dealkylation sites (N-methyl/N-ethyl adjacent to an activating group) is 1. The van der Waals surface area contributed by atoms with Gasteiger partial charge in [0, 0.05) is 34.6 Å². The molecule has 7 heteroatoms. The molecule has 0 spiro atoms. The topological polar surface area (TPSA) is 61.1 Å².